The van der Waals surface area contributed by atoms with Gasteiger partial charge < -0.3 is 9.73 Å². The van der Waals surface area contributed by atoms with Crippen LogP contribution in [0, 0.1) is 24.2 Å². The Morgan fingerprint density at radius 1 is 1.13 bits per heavy atom. The molecule has 0 aliphatic heterocycles. The molecule has 0 unspecified atom stereocenters. The van der Waals surface area contributed by atoms with Crippen LogP contribution in [0.3, 0.4) is 0 Å². The zero-order valence-corrected chi connectivity index (χ0v) is 17.7. The van der Waals surface area contributed by atoms with Crippen LogP contribution in [-0.2, 0) is 11.2 Å². The lowest BCUT2D eigenvalue weighted by Crippen LogP contribution is -2.42. The summed E-state index contributed by atoms with van der Waals surface area (Å²) in [6, 6.07) is 13.3. The first-order valence-corrected chi connectivity index (χ1v) is 11.3. The summed E-state index contributed by atoms with van der Waals surface area (Å²) < 4.78 is 6.05. The summed E-state index contributed by atoms with van der Waals surface area (Å²) in [7, 11) is 0. The van der Waals surface area contributed by atoms with Crippen molar-refractivity contribution in [3.63, 3.8) is 0 Å². The molecule has 0 saturated heterocycles. The molecule has 0 bridgehead atoms. The highest BCUT2D eigenvalue weighted by atomic mass is 16.4. The molecule has 2 fully saturated rings. The molecule has 0 spiro atoms. The number of nitrogens with zero attached hydrogens (tertiary/aromatic N) is 1. The molecular weight excluding hydrogens is 372 g/mol. The van der Waals surface area contributed by atoms with E-state index in [1.165, 1.54) is 23.1 Å². The summed E-state index contributed by atoms with van der Waals surface area (Å²) in [5, 5.41) is 3.31. The SMILES string of the molecule is Cc1cccc(Nc2nc3cc4c(cc3o2)CC[C@@H]2[C@@H]4CC[C@]3(C)C(=O)CC[C@@H]23)c1. The zero-order chi connectivity index (χ0) is 20.5. The van der Waals surface area contributed by atoms with Crippen LogP contribution in [0.2, 0.25) is 0 Å². The second kappa shape index (κ2) is 6.44. The number of hydrogen-bond acceptors (Lipinski definition) is 4. The first-order valence-electron chi connectivity index (χ1n) is 11.3. The van der Waals surface area contributed by atoms with E-state index in [1.54, 1.807) is 0 Å². The number of benzene rings is 2. The smallest absolute Gasteiger partial charge is 0.300 e. The third-order valence-corrected chi connectivity index (χ3v) is 8.21. The van der Waals surface area contributed by atoms with Gasteiger partial charge in [-0.25, -0.2) is 0 Å². The van der Waals surface area contributed by atoms with Crippen molar-refractivity contribution in [2.24, 2.45) is 17.3 Å². The molecule has 1 aromatic heterocycles. The number of rotatable bonds is 2. The normalized spacial score (nSPS) is 30.1. The molecule has 1 N–H and O–H groups in total. The number of Topliss-reactive ketones (excluding diaryl/α,β-unsaturated/α-hetero) is 1. The van der Waals surface area contributed by atoms with E-state index in [9.17, 15) is 4.79 Å². The Morgan fingerprint density at radius 2 is 2.03 bits per heavy atom. The largest absolute Gasteiger partial charge is 0.423 e. The van der Waals surface area contributed by atoms with E-state index in [-0.39, 0.29) is 5.41 Å². The standard InChI is InChI=1S/C26H28N2O2/c1-15-4-3-5-17(12-15)27-25-28-22-14-20-16(13-23(22)30-25)6-7-19-18(20)10-11-26(2)21(19)8-9-24(26)29/h3-5,12-14,18-19,21H,6-11H2,1-2H3,(H,27,28)/t18-,19+,21-,26-/m0/s1. The van der Waals surface area contributed by atoms with Gasteiger partial charge in [0.05, 0.1) is 0 Å². The van der Waals surface area contributed by atoms with Crippen molar-refractivity contribution in [1.29, 1.82) is 0 Å². The molecule has 4 atom stereocenters. The first-order chi connectivity index (χ1) is 14.5. The number of oxazole rings is 1. The third kappa shape index (κ3) is 2.65. The summed E-state index contributed by atoms with van der Waals surface area (Å²) in [4.78, 5) is 17.3. The van der Waals surface area contributed by atoms with Crippen LogP contribution in [-0.4, -0.2) is 10.8 Å². The van der Waals surface area contributed by atoms with Crippen molar-refractivity contribution < 1.29 is 9.21 Å². The van der Waals surface area contributed by atoms with Crippen molar-refractivity contribution in [2.75, 3.05) is 5.32 Å². The molecule has 0 radical (unpaired) electrons. The van der Waals surface area contributed by atoms with Crippen LogP contribution in [0.15, 0.2) is 40.8 Å². The molecule has 154 valence electrons. The van der Waals surface area contributed by atoms with Crippen LogP contribution in [0.4, 0.5) is 11.7 Å². The van der Waals surface area contributed by atoms with Crippen molar-refractivity contribution in [2.45, 2.75) is 58.3 Å². The maximum Gasteiger partial charge on any atom is 0.300 e. The molecule has 2 saturated carbocycles. The van der Waals surface area contributed by atoms with Gasteiger partial charge in [0, 0.05) is 17.5 Å². The minimum absolute atomic E-state index is 0.0679. The molecular formula is C26H28N2O2. The minimum Gasteiger partial charge on any atom is -0.423 e. The number of carbonyl (C=O) groups excluding carboxylic acids is 1. The van der Waals surface area contributed by atoms with Crippen LogP contribution in [0.1, 0.15) is 61.6 Å². The Morgan fingerprint density at radius 3 is 2.90 bits per heavy atom. The van der Waals surface area contributed by atoms with E-state index in [0.29, 0.717) is 29.6 Å². The van der Waals surface area contributed by atoms with Gasteiger partial charge in [0.1, 0.15) is 11.3 Å². The summed E-state index contributed by atoms with van der Waals surface area (Å²) in [5.74, 6) is 2.27. The van der Waals surface area contributed by atoms with Crippen molar-refractivity contribution >= 4 is 28.6 Å². The predicted octanol–water partition coefficient (Wildman–Crippen LogP) is 6.31. The Labute approximate surface area is 177 Å². The maximum atomic E-state index is 12.6. The topological polar surface area (TPSA) is 55.1 Å². The van der Waals surface area contributed by atoms with E-state index >= 15 is 0 Å². The monoisotopic (exact) mass is 400 g/mol. The van der Waals surface area contributed by atoms with E-state index < -0.39 is 0 Å². The highest BCUT2D eigenvalue weighted by Gasteiger charge is 2.54. The van der Waals surface area contributed by atoms with Gasteiger partial charge >= 0.3 is 0 Å². The Hall–Kier alpha value is -2.62. The van der Waals surface area contributed by atoms with Crippen molar-refractivity contribution in [3.8, 4) is 0 Å². The molecule has 3 aliphatic rings. The van der Waals surface area contributed by atoms with E-state index in [0.717, 1.165) is 48.9 Å². The highest BCUT2D eigenvalue weighted by molar-refractivity contribution is 5.87. The Bertz CT molecular complexity index is 1160. The quantitative estimate of drug-likeness (QED) is 0.548. The molecule has 4 nitrogen and oxygen atoms in total. The van der Waals surface area contributed by atoms with E-state index in [4.69, 9.17) is 9.40 Å². The molecule has 4 heteroatoms. The summed E-state index contributed by atoms with van der Waals surface area (Å²) in [6.07, 6.45) is 6.30. The van der Waals surface area contributed by atoms with E-state index in [1.807, 2.05) is 12.1 Å². The second-order valence-corrected chi connectivity index (χ2v) is 9.87. The average Bonchev–Trinajstić information content (AvgIpc) is 3.25. The number of ketones is 1. The Kier molecular flexibility index (Phi) is 3.90. The van der Waals surface area contributed by atoms with Gasteiger partial charge in [-0.05, 0) is 97.7 Å². The maximum absolute atomic E-state index is 12.6. The fourth-order valence-corrected chi connectivity index (χ4v) is 6.66. The molecule has 1 heterocycles. The first kappa shape index (κ1) is 18.2. The van der Waals surface area contributed by atoms with Gasteiger partial charge in [-0.2, -0.15) is 4.98 Å². The average molecular weight is 401 g/mol. The summed E-state index contributed by atoms with van der Waals surface area (Å²) in [6.45, 7) is 4.32. The van der Waals surface area contributed by atoms with Crippen molar-refractivity contribution in [1.82, 2.24) is 4.98 Å². The number of carbonyl (C=O) groups is 1. The minimum atomic E-state index is -0.0679. The number of aromatic nitrogens is 1. The van der Waals surface area contributed by atoms with Crippen molar-refractivity contribution in [3.05, 3.63) is 53.1 Å². The van der Waals surface area contributed by atoms with Crippen LogP contribution in [0.25, 0.3) is 11.1 Å². The number of hydrogen-bond donors (Lipinski definition) is 1. The van der Waals surface area contributed by atoms with Gasteiger partial charge in [-0.3, -0.25) is 4.79 Å². The van der Waals surface area contributed by atoms with Crippen LogP contribution in [0.5, 0.6) is 0 Å². The molecule has 30 heavy (non-hydrogen) atoms. The lowest BCUT2D eigenvalue weighted by molar-refractivity contribution is -0.129. The third-order valence-electron chi connectivity index (χ3n) is 8.21. The number of anilines is 2. The lowest BCUT2D eigenvalue weighted by Gasteiger charge is -2.48. The molecule has 6 rings (SSSR count). The summed E-state index contributed by atoms with van der Waals surface area (Å²) in [5.41, 5.74) is 6.78. The van der Waals surface area contributed by atoms with E-state index in [2.05, 4.69) is 43.4 Å². The van der Waals surface area contributed by atoms with Crippen LogP contribution < -0.4 is 5.32 Å². The zero-order valence-electron chi connectivity index (χ0n) is 17.7. The lowest BCUT2D eigenvalue weighted by atomic mass is 9.55. The molecule has 3 aliphatic carbocycles. The van der Waals surface area contributed by atoms with Gasteiger partial charge in [-0.15, -0.1) is 0 Å². The Balaban J connectivity index is 1.34. The fourth-order valence-electron chi connectivity index (χ4n) is 6.66. The highest BCUT2D eigenvalue weighted by Crippen LogP contribution is 2.59. The number of nitrogens with one attached hydrogen (secondary N) is 1. The number of aryl methyl sites for hydroxylation is 2. The van der Waals surface area contributed by atoms with Gasteiger partial charge in [-0.1, -0.05) is 19.1 Å². The van der Waals surface area contributed by atoms with Gasteiger partial charge in [0.25, 0.3) is 6.01 Å². The summed E-state index contributed by atoms with van der Waals surface area (Å²) >= 11 is 0. The van der Waals surface area contributed by atoms with Crippen LogP contribution >= 0.6 is 0 Å². The van der Waals surface area contributed by atoms with Gasteiger partial charge in [0.2, 0.25) is 0 Å². The molecule has 0 amide bonds. The molecule has 2 aromatic carbocycles. The predicted molar refractivity (Wildman–Crippen MR) is 118 cm³/mol. The van der Waals surface area contributed by atoms with Gasteiger partial charge in [0.15, 0.2) is 5.58 Å². The second-order valence-electron chi connectivity index (χ2n) is 9.87. The number of fused-ring (bicyclic) bond motifs is 6. The molecule has 3 aromatic rings. The fraction of sp³-hybridized carbons (Fsp3) is 0.462.